The van der Waals surface area contributed by atoms with Crippen molar-refractivity contribution in [1.29, 1.82) is 0 Å². The molecule has 138 valence electrons. The summed E-state index contributed by atoms with van der Waals surface area (Å²) in [5.41, 5.74) is 2.38. The van der Waals surface area contributed by atoms with Gasteiger partial charge in [0.05, 0.1) is 18.7 Å². The minimum absolute atomic E-state index is 0.00876. The number of rotatable bonds is 4. The van der Waals surface area contributed by atoms with Crippen LogP contribution < -0.4 is 10.9 Å². The maximum absolute atomic E-state index is 12.5. The largest absolute Gasteiger partial charge is 0.469 e. The first kappa shape index (κ1) is 17.2. The van der Waals surface area contributed by atoms with E-state index in [0.29, 0.717) is 17.1 Å². The van der Waals surface area contributed by atoms with E-state index in [4.69, 9.17) is 4.42 Å². The average molecular weight is 364 g/mol. The van der Waals surface area contributed by atoms with E-state index in [1.807, 2.05) is 12.1 Å². The molecule has 1 amide bonds. The number of nitrogens with zero attached hydrogens (tertiary/aromatic N) is 2. The predicted molar refractivity (Wildman–Crippen MR) is 99.1 cm³/mol. The number of aromatic nitrogens is 3. The number of carbonyl (C=O) groups excluding carboxylic acids is 1. The van der Waals surface area contributed by atoms with Crippen molar-refractivity contribution >= 4 is 5.91 Å². The Morgan fingerprint density at radius 3 is 3.07 bits per heavy atom. The zero-order valence-electron chi connectivity index (χ0n) is 15.0. The Bertz CT molecular complexity index is 1020. The molecule has 7 heteroatoms. The minimum Gasteiger partial charge on any atom is -0.469 e. The number of hydrogen-bond acceptors (Lipinski definition) is 5. The number of furan rings is 1. The SMILES string of the molecule is Cc1nc(-c2cccnc2)[nH]c(=O)c1CC(=O)N[C@H]1CCCc2occc21. The summed E-state index contributed by atoms with van der Waals surface area (Å²) in [6.07, 6.45) is 7.67. The highest BCUT2D eigenvalue weighted by atomic mass is 16.3. The van der Waals surface area contributed by atoms with E-state index in [9.17, 15) is 9.59 Å². The fourth-order valence-corrected chi connectivity index (χ4v) is 3.50. The van der Waals surface area contributed by atoms with E-state index < -0.39 is 0 Å². The summed E-state index contributed by atoms with van der Waals surface area (Å²) in [7, 11) is 0. The maximum atomic E-state index is 12.5. The Morgan fingerprint density at radius 1 is 1.41 bits per heavy atom. The molecule has 3 aromatic heterocycles. The minimum atomic E-state index is -0.302. The molecule has 0 aromatic carbocycles. The molecule has 3 heterocycles. The van der Waals surface area contributed by atoms with Crippen LogP contribution in [0.15, 0.2) is 46.1 Å². The normalized spacial score (nSPS) is 16.0. The van der Waals surface area contributed by atoms with E-state index in [0.717, 1.165) is 36.1 Å². The highest BCUT2D eigenvalue weighted by Gasteiger charge is 2.24. The van der Waals surface area contributed by atoms with Crippen LogP contribution in [0.2, 0.25) is 0 Å². The Labute approximate surface area is 155 Å². The molecule has 0 fully saturated rings. The summed E-state index contributed by atoms with van der Waals surface area (Å²) in [5, 5.41) is 3.02. The molecule has 0 saturated carbocycles. The van der Waals surface area contributed by atoms with Crippen molar-refractivity contribution < 1.29 is 9.21 Å². The number of carbonyl (C=O) groups is 1. The monoisotopic (exact) mass is 364 g/mol. The van der Waals surface area contributed by atoms with Crippen molar-refractivity contribution in [3.05, 3.63) is 69.8 Å². The van der Waals surface area contributed by atoms with Gasteiger partial charge < -0.3 is 14.7 Å². The Balaban J connectivity index is 1.52. The van der Waals surface area contributed by atoms with Crippen LogP contribution in [0.25, 0.3) is 11.4 Å². The number of hydrogen-bond donors (Lipinski definition) is 2. The molecule has 0 saturated heterocycles. The molecule has 1 aliphatic rings. The smallest absolute Gasteiger partial charge is 0.255 e. The van der Waals surface area contributed by atoms with Crippen LogP contribution in [0, 0.1) is 6.92 Å². The van der Waals surface area contributed by atoms with Crippen LogP contribution >= 0.6 is 0 Å². The van der Waals surface area contributed by atoms with Crippen molar-refractivity contribution in [3.63, 3.8) is 0 Å². The van der Waals surface area contributed by atoms with Crippen LogP contribution in [0.1, 0.15) is 41.5 Å². The lowest BCUT2D eigenvalue weighted by Gasteiger charge is -2.22. The van der Waals surface area contributed by atoms with E-state index in [1.54, 1.807) is 31.6 Å². The van der Waals surface area contributed by atoms with Gasteiger partial charge in [0.15, 0.2) is 0 Å². The third-order valence-corrected chi connectivity index (χ3v) is 4.88. The predicted octanol–water partition coefficient (Wildman–Crippen LogP) is 2.47. The maximum Gasteiger partial charge on any atom is 0.255 e. The number of aryl methyl sites for hydroxylation is 2. The fourth-order valence-electron chi connectivity index (χ4n) is 3.50. The lowest BCUT2D eigenvalue weighted by atomic mass is 9.93. The standard InChI is InChI=1S/C20H20N4O3/c1-12-15(20(26)24-19(22-12)13-4-3-8-21-11-13)10-18(25)23-16-5-2-6-17-14(16)7-9-27-17/h3-4,7-9,11,16H,2,5-6,10H2,1H3,(H,23,25)(H,22,24,26)/t16-/m0/s1. The van der Waals surface area contributed by atoms with Gasteiger partial charge in [-0.3, -0.25) is 14.6 Å². The van der Waals surface area contributed by atoms with E-state index in [-0.39, 0.29) is 23.9 Å². The van der Waals surface area contributed by atoms with Crippen LogP contribution in [0.3, 0.4) is 0 Å². The van der Waals surface area contributed by atoms with Gasteiger partial charge in [0.1, 0.15) is 11.6 Å². The van der Waals surface area contributed by atoms with Gasteiger partial charge in [-0.2, -0.15) is 0 Å². The van der Waals surface area contributed by atoms with Gasteiger partial charge in [0, 0.05) is 41.2 Å². The number of amides is 1. The number of nitrogens with one attached hydrogen (secondary N) is 2. The number of H-pyrrole nitrogens is 1. The van der Waals surface area contributed by atoms with E-state index >= 15 is 0 Å². The Kier molecular flexibility index (Phi) is 4.58. The number of fused-ring (bicyclic) bond motifs is 1. The Morgan fingerprint density at radius 2 is 2.30 bits per heavy atom. The average Bonchev–Trinajstić information content (AvgIpc) is 3.15. The molecular weight excluding hydrogens is 344 g/mol. The summed E-state index contributed by atoms with van der Waals surface area (Å²) in [6, 6.07) is 5.44. The zero-order valence-corrected chi connectivity index (χ0v) is 15.0. The first-order chi connectivity index (χ1) is 13.1. The van der Waals surface area contributed by atoms with Crippen molar-refractivity contribution in [2.45, 2.75) is 38.6 Å². The highest BCUT2D eigenvalue weighted by Crippen LogP contribution is 2.30. The molecule has 0 aliphatic heterocycles. The summed E-state index contributed by atoms with van der Waals surface area (Å²) in [4.78, 5) is 36.3. The van der Waals surface area contributed by atoms with Gasteiger partial charge in [-0.15, -0.1) is 0 Å². The molecule has 7 nitrogen and oxygen atoms in total. The summed E-state index contributed by atoms with van der Waals surface area (Å²) >= 11 is 0. The summed E-state index contributed by atoms with van der Waals surface area (Å²) < 4.78 is 5.46. The molecule has 27 heavy (non-hydrogen) atoms. The second kappa shape index (κ2) is 7.19. The number of pyridine rings is 1. The lowest BCUT2D eigenvalue weighted by Crippen LogP contribution is -2.33. The van der Waals surface area contributed by atoms with Crippen LogP contribution in [-0.2, 0) is 17.6 Å². The van der Waals surface area contributed by atoms with Crippen LogP contribution in [0.4, 0.5) is 0 Å². The first-order valence-corrected chi connectivity index (χ1v) is 8.97. The van der Waals surface area contributed by atoms with E-state index in [2.05, 4.69) is 20.3 Å². The molecule has 3 aromatic rings. The summed E-state index contributed by atoms with van der Waals surface area (Å²) in [5.74, 6) is 1.19. The van der Waals surface area contributed by atoms with Crippen LogP contribution in [0.5, 0.6) is 0 Å². The van der Waals surface area contributed by atoms with Gasteiger partial charge in [0.25, 0.3) is 5.56 Å². The van der Waals surface area contributed by atoms with Crippen molar-refractivity contribution in [1.82, 2.24) is 20.3 Å². The van der Waals surface area contributed by atoms with Crippen molar-refractivity contribution in [2.75, 3.05) is 0 Å². The second-order valence-corrected chi connectivity index (χ2v) is 6.71. The first-order valence-electron chi connectivity index (χ1n) is 8.97. The zero-order chi connectivity index (χ0) is 18.8. The third-order valence-electron chi connectivity index (χ3n) is 4.88. The highest BCUT2D eigenvalue weighted by molar-refractivity contribution is 5.79. The molecule has 4 rings (SSSR count). The van der Waals surface area contributed by atoms with Gasteiger partial charge in [0.2, 0.25) is 5.91 Å². The molecular formula is C20H20N4O3. The molecule has 0 unspecified atom stereocenters. The lowest BCUT2D eigenvalue weighted by molar-refractivity contribution is -0.121. The quantitative estimate of drug-likeness (QED) is 0.741. The molecule has 0 radical (unpaired) electrons. The molecule has 1 aliphatic carbocycles. The molecule has 1 atom stereocenters. The van der Waals surface area contributed by atoms with Crippen molar-refractivity contribution in [2.24, 2.45) is 0 Å². The van der Waals surface area contributed by atoms with Crippen molar-refractivity contribution in [3.8, 4) is 11.4 Å². The van der Waals surface area contributed by atoms with Gasteiger partial charge in [-0.1, -0.05) is 0 Å². The molecule has 0 bridgehead atoms. The molecule has 2 N–H and O–H groups in total. The molecule has 0 spiro atoms. The van der Waals surface area contributed by atoms with Crippen LogP contribution in [-0.4, -0.2) is 20.9 Å². The van der Waals surface area contributed by atoms with E-state index in [1.165, 1.54) is 0 Å². The topological polar surface area (TPSA) is 101 Å². The summed E-state index contributed by atoms with van der Waals surface area (Å²) in [6.45, 7) is 1.74. The number of aromatic amines is 1. The van der Waals surface area contributed by atoms with Gasteiger partial charge in [-0.25, -0.2) is 4.98 Å². The fraction of sp³-hybridized carbons (Fsp3) is 0.300. The third kappa shape index (κ3) is 3.53. The second-order valence-electron chi connectivity index (χ2n) is 6.71. The Hall–Kier alpha value is -3.22. The van der Waals surface area contributed by atoms with Gasteiger partial charge in [-0.05, 0) is 38.0 Å². The van der Waals surface area contributed by atoms with Gasteiger partial charge >= 0.3 is 0 Å².